The fourth-order valence-electron chi connectivity index (χ4n) is 4.10. The van der Waals surface area contributed by atoms with Gasteiger partial charge in [-0.15, -0.1) is 0 Å². The average Bonchev–Trinajstić information content (AvgIpc) is 2.84. The molecule has 2 aliphatic rings. The van der Waals surface area contributed by atoms with Crippen molar-refractivity contribution in [3.63, 3.8) is 0 Å². The summed E-state index contributed by atoms with van der Waals surface area (Å²) in [5, 5.41) is 2.95. The summed E-state index contributed by atoms with van der Waals surface area (Å²) in [5.41, 5.74) is 1.63. The Morgan fingerprint density at radius 2 is 1.55 bits per heavy atom. The molecule has 178 valence electrons. The minimum absolute atomic E-state index is 0.134. The van der Waals surface area contributed by atoms with Crippen LogP contribution in [0.5, 0.6) is 11.5 Å². The molecule has 1 N–H and O–H groups in total. The maximum absolute atomic E-state index is 12.8. The third kappa shape index (κ3) is 5.39. The van der Waals surface area contributed by atoms with Crippen molar-refractivity contribution in [2.24, 2.45) is 0 Å². The van der Waals surface area contributed by atoms with E-state index in [1.54, 1.807) is 32.4 Å². The molecule has 2 amide bonds. The first-order chi connectivity index (χ1) is 16.0. The first kappa shape index (κ1) is 22.9. The van der Waals surface area contributed by atoms with Crippen LogP contribution in [0.25, 0.3) is 0 Å². The molecule has 0 bridgehead atoms. The van der Waals surface area contributed by atoms with Gasteiger partial charge in [-0.05, 0) is 26.1 Å². The van der Waals surface area contributed by atoms with Crippen LogP contribution in [0.15, 0.2) is 24.3 Å². The van der Waals surface area contributed by atoms with Gasteiger partial charge in [-0.1, -0.05) is 0 Å². The predicted molar refractivity (Wildman–Crippen MR) is 129 cm³/mol. The Labute approximate surface area is 195 Å². The SMILES string of the molecule is COc1ccc(NC(=O)N2CCN(c3nc(C)cc(N4CCN(C)CC4)n3)CC2)cc1OC. The van der Waals surface area contributed by atoms with E-state index in [1.165, 1.54) is 0 Å². The molecule has 2 fully saturated rings. The van der Waals surface area contributed by atoms with Gasteiger partial charge in [0.15, 0.2) is 11.5 Å². The second kappa shape index (κ2) is 10.1. The molecular weight excluding hydrogens is 422 g/mol. The molecule has 1 aromatic carbocycles. The number of aryl methyl sites for hydroxylation is 1. The average molecular weight is 456 g/mol. The van der Waals surface area contributed by atoms with Crippen LogP contribution in [-0.4, -0.2) is 99.4 Å². The minimum atomic E-state index is -0.134. The number of nitrogens with zero attached hydrogens (tertiary/aromatic N) is 6. The Morgan fingerprint density at radius 1 is 0.879 bits per heavy atom. The van der Waals surface area contributed by atoms with E-state index in [0.717, 1.165) is 43.6 Å². The normalized spacial score (nSPS) is 17.2. The molecule has 0 saturated carbocycles. The molecule has 33 heavy (non-hydrogen) atoms. The fourth-order valence-corrected chi connectivity index (χ4v) is 4.10. The third-order valence-corrected chi connectivity index (χ3v) is 6.14. The second-order valence-electron chi connectivity index (χ2n) is 8.43. The maximum Gasteiger partial charge on any atom is 0.321 e. The lowest BCUT2D eigenvalue weighted by atomic mass is 10.2. The van der Waals surface area contributed by atoms with Gasteiger partial charge < -0.3 is 34.4 Å². The van der Waals surface area contributed by atoms with Crippen molar-refractivity contribution in [3.8, 4) is 11.5 Å². The van der Waals surface area contributed by atoms with E-state index in [4.69, 9.17) is 14.5 Å². The minimum Gasteiger partial charge on any atom is -0.493 e. The number of methoxy groups -OCH3 is 2. The Hall–Kier alpha value is -3.27. The Kier molecular flexibility index (Phi) is 7.02. The van der Waals surface area contributed by atoms with Gasteiger partial charge in [0.1, 0.15) is 5.82 Å². The van der Waals surface area contributed by atoms with Gasteiger partial charge in [0.05, 0.1) is 14.2 Å². The van der Waals surface area contributed by atoms with Crippen LogP contribution in [0.4, 0.5) is 22.2 Å². The highest BCUT2D eigenvalue weighted by molar-refractivity contribution is 5.90. The lowest BCUT2D eigenvalue weighted by Gasteiger charge is -2.36. The number of ether oxygens (including phenoxy) is 2. The number of carbonyl (C=O) groups is 1. The van der Waals surface area contributed by atoms with Crippen LogP contribution < -0.4 is 24.6 Å². The number of amides is 2. The van der Waals surface area contributed by atoms with Gasteiger partial charge in [-0.25, -0.2) is 9.78 Å². The number of urea groups is 1. The Morgan fingerprint density at radius 3 is 2.21 bits per heavy atom. The number of carbonyl (C=O) groups excluding carboxylic acids is 1. The van der Waals surface area contributed by atoms with Crippen molar-refractivity contribution < 1.29 is 14.3 Å². The van der Waals surface area contributed by atoms with Crippen molar-refractivity contribution >= 4 is 23.5 Å². The standard InChI is InChI=1S/C23H33N7O3/c1-17-15-21(28-9-7-27(2)8-10-28)26-22(24-17)29-11-13-30(14-12-29)23(31)25-18-5-6-19(32-3)20(16-18)33-4/h5-6,15-16H,7-14H2,1-4H3,(H,25,31). The molecule has 10 heteroatoms. The van der Waals surface area contributed by atoms with Crippen LogP contribution in [0, 0.1) is 6.92 Å². The van der Waals surface area contributed by atoms with Crippen molar-refractivity contribution in [2.45, 2.75) is 6.92 Å². The van der Waals surface area contributed by atoms with Crippen LogP contribution >= 0.6 is 0 Å². The summed E-state index contributed by atoms with van der Waals surface area (Å²) in [6.45, 7) is 8.58. The monoisotopic (exact) mass is 455 g/mol. The Balaban J connectivity index is 1.36. The van der Waals surface area contributed by atoms with Crippen LogP contribution in [-0.2, 0) is 0 Å². The van der Waals surface area contributed by atoms with E-state index >= 15 is 0 Å². The highest BCUT2D eigenvalue weighted by Crippen LogP contribution is 2.30. The van der Waals surface area contributed by atoms with Gasteiger partial charge in [-0.2, -0.15) is 4.98 Å². The number of likely N-dealkylation sites (N-methyl/N-ethyl adjacent to an activating group) is 1. The predicted octanol–water partition coefficient (Wildman–Crippen LogP) is 1.91. The fraction of sp³-hybridized carbons (Fsp3) is 0.522. The molecule has 2 saturated heterocycles. The summed E-state index contributed by atoms with van der Waals surface area (Å²) in [4.78, 5) is 30.9. The third-order valence-electron chi connectivity index (χ3n) is 6.14. The zero-order chi connectivity index (χ0) is 23.4. The van der Waals surface area contributed by atoms with Gasteiger partial charge in [0, 0.05) is 75.9 Å². The topological polar surface area (TPSA) is 86.3 Å². The summed E-state index contributed by atoms with van der Waals surface area (Å²) in [7, 11) is 5.31. The Bertz CT molecular complexity index is 971. The van der Waals surface area contributed by atoms with Crippen molar-refractivity contribution in [1.29, 1.82) is 0 Å². The van der Waals surface area contributed by atoms with Gasteiger partial charge in [0.25, 0.3) is 0 Å². The molecule has 0 atom stereocenters. The number of benzene rings is 1. The first-order valence-corrected chi connectivity index (χ1v) is 11.3. The molecular formula is C23H33N7O3. The van der Waals surface area contributed by atoms with Gasteiger partial charge >= 0.3 is 6.03 Å². The summed E-state index contributed by atoms with van der Waals surface area (Å²) in [6.07, 6.45) is 0. The number of hydrogen-bond donors (Lipinski definition) is 1. The number of nitrogens with one attached hydrogen (secondary N) is 1. The van der Waals surface area contributed by atoms with E-state index in [-0.39, 0.29) is 6.03 Å². The maximum atomic E-state index is 12.8. The van der Waals surface area contributed by atoms with E-state index in [9.17, 15) is 4.79 Å². The van der Waals surface area contributed by atoms with Crippen LogP contribution in [0.2, 0.25) is 0 Å². The van der Waals surface area contributed by atoms with Crippen molar-refractivity contribution in [3.05, 3.63) is 30.0 Å². The van der Waals surface area contributed by atoms with Crippen molar-refractivity contribution in [1.82, 2.24) is 19.8 Å². The quantitative estimate of drug-likeness (QED) is 0.732. The number of aromatic nitrogens is 2. The van der Waals surface area contributed by atoms with E-state index < -0.39 is 0 Å². The molecule has 2 aromatic rings. The van der Waals surface area contributed by atoms with E-state index in [2.05, 4.69) is 38.1 Å². The zero-order valence-corrected chi connectivity index (χ0v) is 19.9. The molecule has 3 heterocycles. The summed E-state index contributed by atoms with van der Waals surface area (Å²) >= 11 is 0. The summed E-state index contributed by atoms with van der Waals surface area (Å²) in [5.74, 6) is 2.93. The highest BCUT2D eigenvalue weighted by atomic mass is 16.5. The number of hydrogen-bond acceptors (Lipinski definition) is 8. The molecule has 0 aliphatic carbocycles. The van der Waals surface area contributed by atoms with E-state index in [1.807, 2.05) is 11.8 Å². The van der Waals surface area contributed by atoms with Crippen LogP contribution in [0.1, 0.15) is 5.69 Å². The molecule has 10 nitrogen and oxygen atoms in total. The van der Waals surface area contributed by atoms with Gasteiger partial charge in [-0.3, -0.25) is 0 Å². The number of anilines is 3. The second-order valence-corrected chi connectivity index (χ2v) is 8.43. The molecule has 0 spiro atoms. The van der Waals surface area contributed by atoms with Gasteiger partial charge in [0.2, 0.25) is 5.95 Å². The molecule has 0 radical (unpaired) electrons. The summed E-state index contributed by atoms with van der Waals surface area (Å²) < 4.78 is 10.6. The van der Waals surface area contributed by atoms with E-state index in [0.29, 0.717) is 43.4 Å². The zero-order valence-electron chi connectivity index (χ0n) is 19.9. The van der Waals surface area contributed by atoms with Crippen LogP contribution in [0.3, 0.4) is 0 Å². The molecule has 4 rings (SSSR count). The van der Waals surface area contributed by atoms with Crippen molar-refractivity contribution in [2.75, 3.05) is 88.7 Å². The lowest BCUT2D eigenvalue weighted by molar-refractivity contribution is 0.208. The first-order valence-electron chi connectivity index (χ1n) is 11.3. The summed E-state index contributed by atoms with van der Waals surface area (Å²) in [6, 6.07) is 7.26. The molecule has 2 aliphatic heterocycles. The largest absolute Gasteiger partial charge is 0.493 e. The number of piperazine rings is 2. The smallest absolute Gasteiger partial charge is 0.321 e. The molecule has 1 aromatic heterocycles. The highest BCUT2D eigenvalue weighted by Gasteiger charge is 2.24. The number of rotatable bonds is 5. The lowest BCUT2D eigenvalue weighted by Crippen LogP contribution is -2.50. The molecule has 0 unspecified atom stereocenters.